The Morgan fingerprint density at radius 2 is 2.14 bits per heavy atom. The molecule has 1 aromatic heterocycles. The highest BCUT2D eigenvalue weighted by Gasteiger charge is 2.27. The number of carboxylic acid groups (broad SMARTS) is 1. The monoisotopic (exact) mass is 195 g/mol. The largest absolute Gasteiger partial charge is 0.481 e. The van der Waals surface area contributed by atoms with Gasteiger partial charge < -0.3 is 9.52 Å². The summed E-state index contributed by atoms with van der Waals surface area (Å²) < 4.78 is 4.91. The first-order chi connectivity index (χ1) is 6.77. The van der Waals surface area contributed by atoms with E-state index in [1.54, 1.807) is 6.26 Å². The van der Waals surface area contributed by atoms with Crippen LogP contribution < -0.4 is 0 Å². The minimum absolute atomic E-state index is 0.154. The molecule has 1 N–H and O–H groups in total. The van der Waals surface area contributed by atoms with Crippen molar-refractivity contribution in [3.05, 3.63) is 18.4 Å². The second kappa shape index (κ2) is 3.82. The number of rotatable bonds is 2. The maximum atomic E-state index is 10.7. The Morgan fingerprint density at radius 1 is 1.43 bits per heavy atom. The molecule has 1 saturated carbocycles. The molecular formula is C10H13NO3. The molecule has 0 atom stereocenters. The highest BCUT2D eigenvalue weighted by atomic mass is 16.4. The Morgan fingerprint density at radius 3 is 2.64 bits per heavy atom. The molecule has 14 heavy (non-hydrogen) atoms. The van der Waals surface area contributed by atoms with Crippen LogP contribution in [-0.2, 0) is 4.79 Å². The molecule has 0 aliphatic heterocycles. The highest BCUT2D eigenvalue weighted by Crippen LogP contribution is 2.34. The van der Waals surface area contributed by atoms with E-state index < -0.39 is 5.97 Å². The van der Waals surface area contributed by atoms with Crippen LogP contribution in [0.15, 0.2) is 17.1 Å². The molecular weight excluding hydrogens is 182 g/mol. The zero-order valence-corrected chi connectivity index (χ0v) is 7.85. The minimum atomic E-state index is -0.663. The van der Waals surface area contributed by atoms with Crippen LogP contribution in [0.1, 0.15) is 37.3 Å². The molecule has 0 amide bonds. The molecule has 0 saturated heterocycles. The average molecular weight is 195 g/mol. The van der Waals surface area contributed by atoms with E-state index in [9.17, 15) is 4.79 Å². The summed E-state index contributed by atoms with van der Waals surface area (Å²) in [4.78, 5) is 14.8. The van der Waals surface area contributed by atoms with E-state index in [1.807, 2.05) is 0 Å². The molecule has 2 rings (SSSR count). The zero-order chi connectivity index (χ0) is 9.97. The lowest BCUT2D eigenvalue weighted by molar-refractivity contribution is -0.142. The molecule has 0 aromatic carbocycles. The van der Waals surface area contributed by atoms with Crippen molar-refractivity contribution >= 4 is 5.97 Å². The zero-order valence-electron chi connectivity index (χ0n) is 7.85. The topological polar surface area (TPSA) is 63.3 Å². The van der Waals surface area contributed by atoms with Gasteiger partial charge in [0.15, 0.2) is 6.39 Å². The maximum absolute atomic E-state index is 10.7. The third-order valence-corrected chi connectivity index (χ3v) is 2.95. The van der Waals surface area contributed by atoms with Gasteiger partial charge in [0, 0.05) is 5.92 Å². The lowest BCUT2D eigenvalue weighted by Gasteiger charge is -2.24. The fourth-order valence-electron chi connectivity index (χ4n) is 2.06. The van der Waals surface area contributed by atoms with Crippen LogP contribution in [0.4, 0.5) is 0 Å². The predicted octanol–water partition coefficient (Wildman–Crippen LogP) is 2.03. The van der Waals surface area contributed by atoms with Crippen molar-refractivity contribution in [1.29, 1.82) is 0 Å². The Labute approximate surface area is 81.9 Å². The maximum Gasteiger partial charge on any atom is 0.306 e. The first-order valence-corrected chi connectivity index (χ1v) is 4.88. The van der Waals surface area contributed by atoms with Crippen LogP contribution >= 0.6 is 0 Å². The highest BCUT2D eigenvalue weighted by molar-refractivity contribution is 5.70. The van der Waals surface area contributed by atoms with Crippen molar-refractivity contribution in [2.24, 2.45) is 5.92 Å². The van der Waals surface area contributed by atoms with Gasteiger partial charge in [-0.1, -0.05) is 0 Å². The molecule has 0 unspecified atom stereocenters. The van der Waals surface area contributed by atoms with Crippen molar-refractivity contribution in [2.75, 3.05) is 0 Å². The number of carboxylic acids is 1. The molecule has 1 aliphatic rings. The van der Waals surface area contributed by atoms with E-state index in [4.69, 9.17) is 9.52 Å². The Kier molecular flexibility index (Phi) is 2.52. The van der Waals surface area contributed by atoms with Crippen LogP contribution in [0.2, 0.25) is 0 Å². The van der Waals surface area contributed by atoms with Gasteiger partial charge in [-0.3, -0.25) is 4.79 Å². The van der Waals surface area contributed by atoms with E-state index in [-0.39, 0.29) is 5.92 Å². The summed E-state index contributed by atoms with van der Waals surface area (Å²) >= 11 is 0. The van der Waals surface area contributed by atoms with Gasteiger partial charge in [-0.2, -0.15) is 0 Å². The number of nitrogens with zero attached hydrogens (tertiary/aromatic N) is 1. The second-order valence-corrected chi connectivity index (χ2v) is 3.80. The lowest BCUT2D eigenvalue weighted by atomic mass is 9.81. The van der Waals surface area contributed by atoms with Gasteiger partial charge in [0.25, 0.3) is 0 Å². The fraction of sp³-hybridized carbons (Fsp3) is 0.600. The van der Waals surface area contributed by atoms with Gasteiger partial charge in [-0.05, 0) is 25.7 Å². The molecule has 0 radical (unpaired) electrons. The first-order valence-electron chi connectivity index (χ1n) is 4.88. The van der Waals surface area contributed by atoms with Crippen LogP contribution in [0.25, 0.3) is 0 Å². The number of oxazole rings is 1. The summed E-state index contributed by atoms with van der Waals surface area (Å²) in [5, 5.41) is 8.82. The average Bonchev–Trinajstić information content (AvgIpc) is 2.71. The number of hydrogen-bond acceptors (Lipinski definition) is 3. The molecule has 1 aromatic rings. The van der Waals surface area contributed by atoms with Crippen molar-refractivity contribution in [2.45, 2.75) is 31.6 Å². The third kappa shape index (κ3) is 1.78. The van der Waals surface area contributed by atoms with Crippen LogP contribution in [-0.4, -0.2) is 16.1 Å². The van der Waals surface area contributed by atoms with Gasteiger partial charge in [0.1, 0.15) is 6.26 Å². The van der Waals surface area contributed by atoms with Gasteiger partial charge in [0.05, 0.1) is 11.6 Å². The summed E-state index contributed by atoms with van der Waals surface area (Å²) in [7, 11) is 0. The van der Waals surface area contributed by atoms with E-state index in [1.165, 1.54) is 6.39 Å². The molecule has 1 fully saturated rings. The number of aliphatic carboxylic acids is 1. The summed E-state index contributed by atoms with van der Waals surface area (Å²) in [6, 6.07) is 0. The number of aromatic nitrogens is 1. The van der Waals surface area contributed by atoms with Gasteiger partial charge >= 0.3 is 5.97 Å². The van der Waals surface area contributed by atoms with E-state index in [0.29, 0.717) is 5.92 Å². The Bertz CT molecular complexity index is 299. The summed E-state index contributed by atoms with van der Waals surface area (Å²) in [6.45, 7) is 0. The fourth-order valence-corrected chi connectivity index (χ4v) is 2.06. The third-order valence-electron chi connectivity index (χ3n) is 2.95. The van der Waals surface area contributed by atoms with Crippen molar-refractivity contribution in [3.8, 4) is 0 Å². The molecule has 1 heterocycles. The molecule has 4 nitrogen and oxygen atoms in total. The summed E-state index contributed by atoms with van der Waals surface area (Å²) in [5.41, 5.74) is 0.967. The summed E-state index contributed by atoms with van der Waals surface area (Å²) in [6.07, 6.45) is 6.41. The van der Waals surface area contributed by atoms with Crippen LogP contribution in [0.5, 0.6) is 0 Å². The molecule has 0 spiro atoms. The van der Waals surface area contributed by atoms with Crippen LogP contribution in [0, 0.1) is 5.92 Å². The number of carbonyl (C=O) groups is 1. The Balaban J connectivity index is 1.93. The van der Waals surface area contributed by atoms with Crippen LogP contribution in [0.3, 0.4) is 0 Å². The van der Waals surface area contributed by atoms with E-state index >= 15 is 0 Å². The summed E-state index contributed by atoms with van der Waals surface area (Å²) in [5.74, 6) is -0.425. The molecule has 0 bridgehead atoms. The smallest absolute Gasteiger partial charge is 0.306 e. The molecule has 4 heteroatoms. The quantitative estimate of drug-likeness (QED) is 0.784. The molecule has 76 valence electrons. The lowest BCUT2D eigenvalue weighted by Crippen LogP contribution is -2.20. The van der Waals surface area contributed by atoms with Crippen molar-refractivity contribution < 1.29 is 14.3 Å². The minimum Gasteiger partial charge on any atom is -0.481 e. The van der Waals surface area contributed by atoms with Gasteiger partial charge in [0.2, 0.25) is 0 Å². The first kappa shape index (κ1) is 9.24. The van der Waals surface area contributed by atoms with E-state index in [2.05, 4.69) is 4.98 Å². The van der Waals surface area contributed by atoms with Gasteiger partial charge in [-0.25, -0.2) is 4.98 Å². The normalized spacial score (nSPS) is 27.4. The predicted molar refractivity (Wildman–Crippen MR) is 48.8 cm³/mol. The van der Waals surface area contributed by atoms with Gasteiger partial charge in [-0.15, -0.1) is 0 Å². The number of hydrogen-bond donors (Lipinski definition) is 1. The SMILES string of the molecule is O=C(O)C1CCC(c2cocn2)CC1. The standard InChI is InChI=1S/C10H13NO3/c12-10(13)8-3-1-7(2-4-8)9-5-14-6-11-9/h5-8H,1-4H2,(H,12,13). The van der Waals surface area contributed by atoms with E-state index in [0.717, 1.165) is 31.4 Å². The Hall–Kier alpha value is -1.32. The van der Waals surface area contributed by atoms with Crippen molar-refractivity contribution in [3.63, 3.8) is 0 Å². The van der Waals surface area contributed by atoms with Crippen molar-refractivity contribution in [1.82, 2.24) is 4.98 Å². The second-order valence-electron chi connectivity index (χ2n) is 3.80. The molecule has 1 aliphatic carbocycles.